The van der Waals surface area contributed by atoms with E-state index in [0.29, 0.717) is 0 Å². The molecule has 0 N–H and O–H groups in total. The highest BCUT2D eigenvalue weighted by atomic mass is 127. The largest absolute Gasteiger partial charge is 0.192 e. The van der Waals surface area contributed by atoms with Gasteiger partial charge in [-0.15, -0.1) is 0 Å². The fourth-order valence-electron chi connectivity index (χ4n) is 0.931. The van der Waals surface area contributed by atoms with Crippen LogP contribution in [0.1, 0.15) is 18.1 Å². The predicted octanol–water partition coefficient (Wildman–Crippen LogP) is 3.33. The normalized spacial score (nSPS) is 9.50. The minimum Gasteiger partial charge on any atom is -0.192 e. The van der Waals surface area contributed by atoms with Gasteiger partial charge in [0.1, 0.15) is 6.07 Å². The average Bonchev–Trinajstić information content (AvgIpc) is 2.09. The van der Waals surface area contributed by atoms with Crippen LogP contribution in [0.4, 0.5) is 0 Å². The second kappa shape index (κ2) is 4.42. The molecule has 0 saturated heterocycles. The Balaban J connectivity index is 3.31. The van der Waals surface area contributed by atoms with Crippen molar-refractivity contribution in [1.29, 1.82) is 5.26 Å². The molecule has 0 saturated carbocycles. The van der Waals surface area contributed by atoms with Gasteiger partial charge in [-0.25, -0.2) is 0 Å². The summed E-state index contributed by atoms with van der Waals surface area (Å²) in [6.07, 6.45) is 0.988. The molecule has 0 aromatic heterocycles. The van der Waals surface area contributed by atoms with E-state index < -0.39 is 0 Å². The molecule has 0 fully saturated rings. The molecular weight excluding hydrogens is 376 g/mol. The van der Waals surface area contributed by atoms with E-state index in [2.05, 4.69) is 64.2 Å². The van der Waals surface area contributed by atoms with Gasteiger partial charge in [-0.1, -0.05) is 6.92 Å². The van der Waals surface area contributed by atoms with Crippen molar-refractivity contribution < 1.29 is 0 Å². The maximum Gasteiger partial charge on any atom is 0.100 e. The average molecular weight is 383 g/mol. The smallest absolute Gasteiger partial charge is 0.100 e. The van der Waals surface area contributed by atoms with Crippen LogP contribution in [0.2, 0.25) is 0 Å². The van der Waals surface area contributed by atoms with Crippen LogP contribution in [0, 0.1) is 18.5 Å². The zero-order chi connectivity index (χ0) is 9.14. The minimum atomic E-state index is 0.791. The van der Waals surface area contributed by atoms with Crippen LogP contribution < -0.4 is 0 Å². The molecular formula is C9H7I2N. The van der Waals surface area contributed by atoms with Crippen molar-refractivity contribution in [3.8, 4) is 6.07 Å². The quantitative estimate of drug-likeness (QED) is 0.683. The van der Waals surface area contributed by atoms with E-state index in [9.17, 15) is 0 Å². The van der Waals surface area contributed by atoms with Gasteiger partial charge in [0, 0.05) is 7.14 Å². The van der Waals surface area contributed by atoms with Gasteiger partial charge < -0.3 is 0 Å². The number of benzene rings is 1. The van der Waals surface area contributed by atoms with E-state index in [-0.39, 0.29) is 0 Å². The second-order valence-electron chi connectivity index (χ2n) is 2.40. The Hall–Kier alpha value is 0.170. The lowest BCUT2D eigenvalue weighted by molar-refractivity contribution is 1.13. The molecule has 3 heteroatoms. The van der Waals surface area contributed by atoms with E-state index in [1.807, 2.05) is 6.07 Å². The van der Waals surface area contributed by atoms with Gasteiger partial charge in [0.25, 0.3) is 0 Å². The Morgan fingerprint density at radius 2 is 2.08 bits per heavy atom. The maximum atomic E-state index is 8.80. The van der Waals surface area contributed by atoms with Gasteiger partial charge in [-0.2, -0.15) is 5.26 Å². The lowest BCUT2D eigenvalue weighted by Gasteiger charge is -2.02. The Morgan fingerprint density at radius 3 is 2.58 bits per heavy atom. The molecule has 0 spiro atoms. The molecule has 0 unspecified atom stereocenters. The SMILES string of the molecule is CCc1cc(I)c(I)c(C#N)c1. The van der Waals surface area contributed by atoms with Crippen LogP contribution in [0.15, 0.2) is 12.1 Å². The Kier molecular flexibility index (Phi) is 3.77. The summed E-state index contributed by atoms with van der Waals surface area (Å²) in [4.78, 5) is 0. The van der Waals surface area contributed by atoms with Gasteiger partial charge >= 0.3 is 0 Å². The lowest BCUT2D eigenvalue weighted by atomic mass is 10.1. The Bertz CT molecular complexity index is 339. The highest BCUT2D eigenvalue weighted by Crippen LogP contribution is 2.21. The van der Waals surface area contributed by atoms with Crippen molar-refractivity contribution in [3.05, 3.63) is 30.4 Å². The van der Waals surface area contributed by atoms with Crippen LogP contribution in [-0.4, -0.2) is 0 Å². The second-order valence-corrected chi connectivity index (χ2v) is 4.65. The number of halogens is 2. The minimum absolute atomic E-state index is 0.791. The zero-order valence-electron chi connectivity index (χ0n) is 6.56. The highest BCUT2D eigenvalue weighted by molar-refractivity contribution is 14.1. The standard InChI is InChI=1S/C9H7I2N/c1-2-6-3-7(5-12)9(11)8(10)4-6/h3-4H,2H2,1H3. The topological polar surface area (TPSA) is 23.8 Å². The monoisotopic (exact) mass is 383 g/mol. The van der Waals surface area contributed by atoms with Gasteiger partial charge in [-0.3, -0.25) is 0 Å². The van der Waals surface area contributed by atoms with Crippen LogP contribution in [0.3, 0.4) is 0 Å². The summed E-state index contributed by atoms with van der Waals surface area (Å²) in [5.41, 5.74) is 2.02. The van der Waals surface area contributed by atoms with E-state index in [4.69, 9.17) is 5.26 Å². The maximum absolute atomic E-state index is 8.80. The molecule has 0 amide bonds. The third-order valence-electron chi connectivity index (χ3n) is 1.62. The molecule has 62 valence electrons. The third kappa shape index (κ3) is 2.10. The van der Waals surface area contributed by atoms with Gasteiger partial charge in [0.15, 0.2) is 0 Å². The van der Waals surface area contributed by atoms with Crippen LogP contribution in [0.25, 0.3) is 0 Å². The summed E-state index contributed by atoms with van der Waals surface area (Å²) < 4.78 is 2.23. The van der Waals surface area contributed by atoms with Crippen LogP contribution in [-0.2, 0) is 6.42 Å². The first-order chi connectivity index (χ1) is 5.69. The van der Waals surface area contributed by atoms with Gasteiger partial charge in [0.2, 0.25) is 0 Å². The first-order valence-corrected chi connectivity index (χ1v) is 5.72. The molecule has 0 radical (unpaired) electrons. The molecule has 12 heavy (non-hydrogen) atoms. The Labute approximate surface area is 99.4 Å². The first kappa shape index (κ1) is 10.3. The number of nitrogens with zero attached hydrogens (tertiary/aromatic N) is 1. The van der Waals surface area contributed by atoms with E-state index >= 15 is 0 Å². The van der Waals surface area contributed by atoms with Crippen molar-refractivity contribution in [2.75, 3.05) is 0 Å². The molecule has 0 aliphatic heterocycles. The summed E-state index contributed by atoms with van der Waals surface area (Å²) in [5, 5.41) is 8.80. The van der Waals surface area contributed by atoms with Crippen LogP contribution in [0.5, 0.6) is 0 Å². The van der Waals surface area contributed by atoms with Crippen molar-refractivity contribution >= 4 is 45.2 Å². The van der Waals surface area contributed by atoms with Gasteiger partial charge in [-0.05, 0) is 69.3 Å². The first-order valence-electron chi connectivity index (χ1n) is 3.57. The van der Waals surface area contributed by atoms with E-state index in [1.165, 1.54) is 9.13 Å². The summed E-state index contributed by atoms with van der Waals surface area (Å²) in [5.74, 6) is 0. The zero-order valence-corrected chi connectivity index (χ0v) is 10.9. The van der Waals surface area contributed by atoms with Crippen molar-refractivity contribution in [1.82, 2.24) is 0 Å². The fourth-order valence-corrected chi connectivity index (χ4v) is 2.05. The number of nitriles is 1. The third-order valence-corrected chi connectivity index (χ3v) is 4.66. The number of hydrogen-bond acceptors (Lipinski definition) is 1. The molecule has 1 rings (SSSR count). The predicted molar refractivity (Wildman–Crippen MR) is 66.0 cm³/mol. The summed E-state index contributed by atoms with van der Waals surface area (Å²) in [6.45, 7) is 2.10. The van der Waals surface area contributed by atoms with Crippen LogP contribution >= 0.6 is 45.2 Å². The molecule has 1 aromatic carbocycles. The molecule has 0 aliphatic carbocycles. The molecule has 0 bridgehead atoms. The molecule has 1 nitrogen and oxygen atoms in total. The fraction of sp³-hybridized carbons (Fsp3) is 0.222. The van der Waals surface area contributed by atoms with Crippen molar-refractivity contribution in [2.24, 2.45) is 0 Å². The summed E-state index contributed by atoms with van der Waals surface area (Å²) in [6, 6.07) is 6.29. The summed E-state index contributed by atoms with van der Waals surface area (Å²) >= 11 is 4.47. The van der Waals surface area contributed by atoms with Gasteiger partial charge in [0.05, 0.1) is 5.56 Å². The van der Waals surface area contributed by atoms with Crippen molar-refractivity contribution in [3.63, 3.8) is 0 Å². The van der Waals surface area contributed by atoms with Crippen molar-refractivity contribution in [2.45, 2.75) is 13.3 Å². The molecule has 1 aromatic rings. The lowest BCUT2D eigenvalue weighted by Crippen LogP contribution is -1.90. The van der Waals surface area contributed by atoms with E-state index in [1.54, 1.807) is 0 Å². The molecule has 0 aliphatic rings. The molecule has 0 atom stereocenters. The number of hydrogen-bond donors (Lipinski definition) is 0. The highest BCUT2D eigenvalue weighted by Gasteiger charge is 2.04. The number of rotatable bonds is 1. The summed E-state index contributed by atoms with van der Waals surface area (Å²) in [7, 11) is 0. The molecule has 0 heterocycles. The number of aryl methyl sites for hydroxylation is 1. The Morgan fingerprint density at radius 1 is 1.42 bits per heavy atom. The van der Waals surface area contributed by atoms with E-state index in [0.717, 1.165) is 15.6 Å².